The maximum atomic E-state index is 8.49. The van der Waals surface area contributed by atoms with E-state index in [1.165, 1.54) is 0 Å². The highest BCUT2D eigenvalue weighted by Crippen LogP contribution is 2.18. The SMILES string of the molecule is C[n+]1cnc2ccc3[nH]cncc3c21.[O-][Cl+3]([O-])([O-])[O-]. The Labute approximate surface area is 109 Å². The number of imidazole rings is 1. The smallest absolute Gasteiger partial charge is 0.287 e. The van der Waals surface area contributed by atoms with E-state index in [9.17, 15) is 0 Å². The lowest BCUT2D eigenvalue weighted by Gasteiger charge is -2.17. The number of aromatic amines is 1. The first-order valence-electron chi connectivity index (χ1n) is 5.03. The Kier molecular flexibility index (Phi) is 3.60. The number of benzene rings is 1. The molecule has 0 bridgehead atoms. The lowest BCUT2D eigenvalue weighted by atomic mass is 10.2. The summed E-state index contributed by atoms with van der Waals surface area (Å²) in [5, 5.41) is 1.10. The molecule has 19 heavy (non-hydrogen) atoms. The Morgan fingerprint density at radius 1 is 1.21 bits per heavy atom. The topological polar surface area (TPSA) is 138 Å². The van der Waals surface area contributed by atoms with Crippen LogP contribution < -0.4 is 23.2 Å². The summed E-state index contributed by atoms with van der Waals surface area (Å²) in [5.74, 6) is 0. The summed E-state index contributed by atoms with van der Waals surface area (Å²) < 4.78 is 36.0. The molecular weight excluding hydrogens is 276 g/mol. The van der Waals surface area contributed by atoms with E-state index >= 15 is 0 Å². The van der Waals surface area contributed by atoms with E-state index in [2.05, 4.69) is 15.0 Å². The van der Waals surface area contributed by atoms with E-state index in [-0.39, 0.29) is 0 Å². The molecule has 0 aliphatic carbocycles. The molecule has 0 radical (unpaired) electrons. The molecular formula is C10H9ClN4O4. The van der Waals surface area contributed by atoms with Gasteiger partial charge in [-0.1, -0.05) is 0 Å². The second-order valence-corrected chi connectivity index (χ2v) is 4.44. The van der Waals surface area contributed by atoms with Crippen LogP contribution in [0.15, 0.2) is 31.0 Å². The summed E-state index contributed by atoms with van der Waals surface area (Å²) in [5.41, 5.74) is 3.20. The van der Waals surface area contributed by atoms with Crippen molar-refractivity contribution in [2.24, 2.45) is 7.05 Å². The normalized spacial score (nSPS) is 11.4. The van der Waals surface area contributed by atoms with Gasteiger partial charge in [0.15, 0.2) is 5.52 Å². The molecule has 8 nitrogen and oxygen atoms in total. The van der Waals surface area contributed by atoms with Crippen molar-refractivity contribution in [3.63, 3.8) is 0 Å². The van der Waals surface area contributed by atoms with Gasteiger partial charge in [-0.25, -0.2) is 28.2 Å². The number of rotatable bonds is 0. The van der Waals surface area contributed by atoms with Gasteiger partial charge >= 0.3 is 0 Å². The van der Waals surface area contributed by atoms with Gasteiger partial charge in [-0.15, -0.1) is 10.2 Å². The number of hydrogen-bond acceptors (Lipinski definition) is 6. The maximum absolute atomic E-state index is 8.49. The first-order valence-corrected chi connectivity index (χ1v) is 6.27. The van der Waals surface area contributed by atoms with Gasteiger partial charge in [0.2, 0.25) is 5.52 Å². The molecule has 0 saturated carbocycles. The molecule has 2 heterocycles. The molecule has 3 aromatic rings. The van der Waals surface area contributed by atoms with E-state index in [4.69, 9.17) is 18.6 Å². The molecule has 1 aromatic carbocycles. The number of hydrogen-bond donors (Lipinski definition) is 1. The van der Waals surface area contributed by atoms with Crippen molar-refractivity contribution < 1.29 is 33.4 Å². The Balaban J connectivity index is 0.000000232. The predicted molar refractivity (Wildman–Crippen MR) is 52.6 cm³/mol. The van der Waals surface area contributed by atoms with E-state index < -0.39 is 10.2 Å². The van der Waals surface area contributed by atoms with Gasteiger partial charge in [0, 0.05) is 6.20 Å². The van der Waals surface area contributed by atoms with Gasteiger partial charge < -0.3 is 4.98 Å². The molecule has 0 aliphatic heterocycles. The average molecular weight is 285 g/mol. The monoisotopic (exact) mass is 284 g/mol. The van der Waals surface area contributed by atoms with E-state index in [1.807, 2.05) is 36.3 Å². The first kappa shape index (κ1) is 13.6. The van der Waals surface area contributed by atoms with Crippen molar-refractivity contribution in [2.75, 3.05) is 0 Å². The second-order valence-electron chi connectivity index (χ2n) is 3.68. The molecule has 0 unspecified atom stereocenters. The van der Waals surface area contributed by atoms with Gasteiger partial charge in [0.1, 0.15) is 0 Å². The third-order valence-electron chi connectivity index (χ3n) is 2.42. The zero-order valence-electron chi connectivity index (χ0n) is 9.74. The van der Waals surface area contributed by atoms with Crippen molar-refractivity contribution >= 4 is 21.9 Å². The molecule has 0 atom stereocenters. The van der Waals surface area contributed by atoms with E-state index in [0.29, 0.717) is 0 Å². The lowest BCUT2D eigenvalue weighted by molar-refractivity contribution is -2.00. The zero-order chi connectivity index (χ0) is 14.0. The zero-order valence-corrected chi connectivity index (χ0v) is 10.5. The third-order valence-corrected chi connectivity index (χ3v) is 2.42. The van der Waals surface area contributed by atoms with Crippen LogP contribution in [0.3, 0.4) is 0 Å². The van der Waals surface area contributed by atoms with Gasteiger partial charge in [-0.3, -0.25) is 0 Å². The predicted octanol–water partition coefficient (Wildman–Crippen LogP) is -3.82. The molecule has 100 valence electrons. The van der Waals surface area contributed by atoms with Gasteiger partial charge in [-0.05, 0) is 17.1 Å². The first-order chi connectivity index (χ1) is 8.86. The number of nitrogens with one attached hydrogen (secondary N) is 1. The van der Waals surface area contributed by atoms with Crippen LogP contribution in [-0.4, -0.2) is 15.0 Å². The quantitative estimate of drug-likeness (QED) is 0.420. The Bertz CT molecular complexity index is 703. The van der Waals surface area contributed by atoms with Gasteiger partial charge in [0.05, 0.1) is 24.3 Å². The van der Waals surface area contributed by atoms with Crippen LogP contribution in [0.1, 0.15) is 0 Å². The molecule has 9 heteroatoms. The van der Waals surface area contributed by atoms with Crippen molar-refractivity contribution in [2.45, 2.75) is 0 Å². The molecule has 0 aliphatic rings. The standard InChI is InChI=1S/C10H8N4.ClHO4/c1-14-6-13-9-3-2-8-7(10(9)14)4-11-5-12-8;2-1(3,4)5/h2-6H,1H3;(H,2,3,4,5). The van der Waals surface area contributed by atoms with Crippen LogP contribution in [0.25, 0.3) is 21.9 Å². The Morgan fingerprint density at radius 2 is 1.89 bits per heavy atom. The van der Waals surface area contributed by atoms with Crippen LogP contribution in [0, 0.1) is 10.2 Å². The molecule has 2 aromatic heterocycles. The van der Waals surface area contributed by atoms with Crippen molar-refractivity contribution in [3.8, 4) is 0 Å². The molecule has 3 rings (SSSR count). The van der Waals surface area contributed by atoms with Gasteiger partial charge in [-0.2, -0.15) is 0 Å². The number of aromatic nitrogens is 4. The van der Waals surface area contributed by atoms with Crippen LogP contribution in [0.5, 0.6) is 0 Å². The number of fused-ring (bicyclic) bond motifs is 3. The largest absolute Gasteiger partial charge is 0.346 e. The van der Waals surface area contributed by atoms with Gasteiger partial charge in [0.25, 0.3) is 6.33 Å². The Hall–Kier alpha value is -1.84. The lowest BCUT2D eigenvalue weighted by Crippen LogP contribution is -2.68. The summed E-state index contributed by atoms with van der Waals surface area (Å²) >= 11 is 0. The highest BCUT2D eigenvalue weighted by atomic mass is 35.7. The van der Waals surface area contributed by atoms with E-state index in [0.717, 1.165) is 21.9 Å². The van der Waals surface area contributed by atoms with Crippen LogP contribution in [0.4, 0.5) is 0 Å². The Morgan fingerprint density at radius 3 is 2.58 bits per heavy atom. The van der Waals surface area contributed by atoms with Crippen molar-refractivity contribution in [3.05, 3.63) is 31.0 Å². The number of halogens is 1. The fourth-order valence-electron chi connectivity index (χ4n) is 1.75. The highest BCUT2D eigenvalue weighted by Gasteiger charge is 2.12. The fourth-order valence-corrected chi connectivity index (χ4v) is 1.75. The number of nitrogens with zero attached hydrogens (tertiary/aromatic N) is 3. The molecule has 0 fully saturated rings. The maximum Gasteiger partial charge on any atom is 0.287 e. The average Bonchev–Trinajstić information content (AvgIpc) is 2.69. The minimum atomic E-state index is -4.94. The molecule has 1 N–H and O–H groups in total. The summed E-state index contributed by atoms with van der Waals surface area (Å²) in [4.78, 5) is 11.5. The minimum Gasteiger partial charge on any atom is -0.346 e. The summed E-state index contributed by atoms with van der Waals surface area (Å²) in [6.45, 7) is 0. The van der Waals surface area contributed by atoms with Crippen LogP contribution in [-0.2, 0) is 7.05 Å². The van der Waals surface area contributed by atoms with Crippen LogP contribution in [0.2, 0.25) is 0 Å². The summed E-state index contributed by atoms with van der Waals surface area (Å²) in [6, 6.07) is 4.03. The van der Waals surface area contributed by atoms with Crippen LogP contribution >= 0.6 is 0 Å². The van der Waals surface area contributed by atoms with Crippen molar-refractivity contribution in [1.29, 1.82) is 0 Å². The summed E-state index contributed by atoms with van der Waals surface area (Å²) in [7, 11) is -2.96. The molecule has 0 amide bonds. The second kappa shape index (κ2) is 5.03. The third kappa shape index (κ3) is 3.34. The van der Waals surface area contributed by atoms with Crippen molar-refractivity contribution in [1.82, 2.24) is 15.0 Å². The minimum absolute atomic E-state index is 1.00. The van der Waals surface area contributed by atoms with E-state index in [1.54, 1.807) is 6.33 Å². The fraction of sp³-hybridized carbons (Fsp3) is 0.100. The summed E-state index contributed by atoms with van der Waals surface area (Å²) in [6.07, 6.45) is 5.36. The number of aryl methyl sites for hydroxylation is 1. The number of H-pyrrole nitrogens is 1. The molecule has 0 saturated heterocycles. The highest BCUT2D eigenvalue weighted by molar-refractivity contribution is 5.99. The molecule has 0 spiro atoms.